The van der Waals surface area contributed by atoms with Crippen LogP contribution in [-0.2, 0) is 32.6 Å². The molecule has 0 radical (unpaired) electrons. The standard InChI is InChI=1S/C35H37Cl2N3O5S/c1-4-19-38-35(42)33(21-26-9-6-5-7-10-26)39(23-27-15-18-31(36)32(37)20-27)34(41)24-40(28-11-8-12-29(22-28)45-3)46(43,44)30-16-13-25(2)14-17-30/h5-18,20,22,33H,4,19,21,23-24H2,1-3H3,(H,38,42)/t33-/m1/s1. The number of nitrogens with zero attached hydrogens (tertiary/aromatic N) is 2. The quantitative estimate of drug-likeness (QED) is 0.160. The summed E-state index contributed by atoms with van der Waals surface area (Å²) in [5.41, 5.74) is 2.58. The second-order valence-electron chi connectivity index (χ2n) is 10.8. The third-order valence-corrected chi connectivity index (χ3v) is 9.91. The van der Waals surface area contributed by atoms with Crippen molar-refractivity contribution >= 4 is 50.7 Å². The summed E-state index contributed by atoms with van der Waals surface area (Å²) in [5, 5.41) is 3.57. The van der Waals surface area contributed by atoms with Crippen LogP contribution in [0.4, 0.5) is 5.69 Å². The Morgan fingerprint density at radius 3 is 2.24 bits per heavy atom. The summed E-state index contributed by atoms with van der Waals surface area (Å²) in [7, 11) is -2.76. The van der Waals surface area contributed by atoms with Gasteiger partial charge in [0.25, 0.3) is 10.0 Å². The van der Waals surface area contributed by atoms with Crippen molar-refractivity contribution in [2.75, 3.05) is 24.5 Å². The Morgan fingerprint density at radius 2 is 1.59 bits per heavy atom. The molecule has 0 unspecified atom stereocenters. The predicted molar refractivity (Wildman–Crippen MR) is 183 cm³/mol. The van der Waals surface area contributed by atoms with Crippen molar-refractivity contribution in [1.82, 2.24) is 10.2 Å². The number of carbonyl (C=O) groups is 2. The number of amides is 2. The minimum atomic E-state index is -4.24. The highest BCUT2D eigenvalue weighted by Crippen LogP contribution is 2.29. The molecule has 1 atom stereocenters. The Balaban J connectivity index is 1.82. The second-order valence-corrected chi connectivity index (χ2v) is 13.5. The Kier molecular flexibility index (Phi) is 12.1. The second kappa shape index (κ2) is 16.0. The Hall–Kier alpha value is -4.05. The molecule has 11 heteroatoms. The summed E-state index contributed by atoms with van der Waals surface area (Å²) >= 11 is 12.5. The number of aryl methyl sites for hydroxylation is 1. The predicted octanol–water partition coefficient (Wildman–Crippen LogP) is 6.67. The van der Waals surface area contributed by atoms with Crippen molar-refractivity contribution in [3.05, 3.63) is 124 Å². The molecule has 1 N–H and O–H groups in total. The van der Waals surface area contributed by atoms with Crippen molar-refractivity contribution in [1.29, 1.82) is 0 Å². The molecule has 0 saturated carbocycles. The number of sulfonamides is 1. The zero-order valence-corrected chi connectivity index (χ0v) is 28.3. The number of ether oxygens (including phenoxy) is 1. The van der Waals surface area contributed by atoms with Gasteiger partial charge >= 0.3 is 0 Å². The molecule has 8 nitrogen and oxygen atoms in total. The van der Waals surface area contributed by atoms with E-state index in [-0.39, 0.29) is 29.5 Å². The normalized spacial score (nSPS) is 11.8. The van der Waals surface area contributed by atoms with Crippen LogP contribution in [0.15, 0.2) is 102 Å². The maximum Gasteiger partial charge on any atom is 0.264 e. The van der Waals surface area contributed by atoms with E-state index in [4.69, 9.17) is 27.9 Å². The van der Waals surface area contributed by atoms with Crippen LogP contribution in [0.1, 0.15) is 30.0 Å². The van der Waals surface area contributed by atoms with Crippen LogP contribution in [0.5, 0.6) is 5.75 Å². The minimum absolute atomic E-state index is 0.0197. The van der Waals surface area contributed by atoms with Crippen LogP contribution in [0.25, 0.3) is 0 Å². The van der Waals surface area contributed by atoms with E-state index in [9.17, 15) is 18.0 Å². The zero-order valence-electron chi connectivity index (χ0n) is 26.0. The number of benzene rings is 4. The average molecular weight is 683 g/mol. The van der Waals surface area contributed by atoms with Gasteiger partial charge in [-0.3, -0.25) is 13.9 Å². The van der Waals surface area contributed by atoms with E-state index in [1.54, 1.807) is 54.6 Å². The molecule has 4 rings (SSSR count). The Labute approximate surface area is 280 Å². The van der Waals surface area contributed by atoms with Crippen LogP contribution in [0.2, 0.25) is 10.0 Å². The molecule has 0 aromatic heterocycles. The summed E-state index contributed by atoms with van der Waals surface area (Å²) in [6.45, 7) is 3.60. The number of nitrogens with one attached hydrogen (secondary N) is 1. The molecule has 0 saturated heterocycles. The maximum atomic E-state index is 14.5. The smallest absolute Gasteiger partial charge is 0.264 e. The van der Waals surface area contributed by atoms with Gasteiger partial charge in [-0.1, -0.05) is 90.3 Å². The van der Waals surface area contributed by atoms with Gasteiger partial charge in [0.05, 0.1) is 27.7 Å². The molecule has 0 aliphatic carbocycles. The fraction of sp³-hybridized carbons (Fsp3) is 0.257. The average Bonchev–Trinajstić information content (AvgIpc) is 3.06. The highest BCUT2D eigenvalue weighted by Gasteiger charge is 2.34. The van der Waals surface area contributed by atoms with Crippen molar-refractivity contribution in [3.8, 4) is 5.75 Å². The van der Waals surface area contributed by atoms with Crippen LogP contribution in [-0.4, -0.2) is 51.4 Å². The fourth-order valence-corrected chi connectivity index (χ4v) is 6.61. The maximum absolute atomic E-state index is 14.5. The lowest BCUT2D eigenvalue weighted by Gasteiger charge is -2.34. The largest absolute Gasteiger partial charge is 0.497 e. The van der Waals surface area contributed by atoms with Gasteiger partial charge in [0.1, 0.15) is 18.3 Å². The van der Waals surface area contributed by atoms with Gasteiger partial charge in [-0.15, -0.1) is 0 Å². The molecule has 0 heterocycles. The third-order valence-electron chi connectivity index (χ3n) is 7.39. The van der Waals surface area contributed by atoms with E-state index >= 15 is 0 Å². The molecule has 0 bridgehead atoms. The number of hydrogen-bond acceptors (Lipinski definition) is 5. The molecule has 0 fully saturated rings. The number of methoxy groups -OCH3 is 1. The Morgan fingerprint density at radius 1 is 0.870 bits per heavy atom. The van der Waals surface area contributed by atoms with E-state index in [1.807, 2.05) is 44.2 Å². The van der Waals surface area contributed by atoms with Gasteiger partial charge < -0.3 is 15.0 Å². The zero-order chi connectivity index (χ0) is 33.3. The van der Waals surface area contributed by atoms with Gasteiger partial charge in [0.2, 0.25) is 11.8 Å². The van der Waals surface area contributed by atoms with Gasteiger partial charge in [-0.25, -0.2) is 8.42 Å². The van der Waals surface area contributed by atoms with Crippen molar-refractivity contribution < 1.29 is 22.7 Å². The van der Waals surface area contributed by atoms with Crippen molar-refractivity contribution in [2.24, 2.45) is 0 Å². The van der Waals surface area contributed by atoms with E-state index in [0.717, 1.165) is 15.4 Å². The Bertz CT molecular complexity index is 1750. The van der Waals surface area contributed by atoms with Gasteiger partial charge in [0.15, 0.2) is 0 Å². The van der Waals surface area contributed by atoms with Crippen LogP contribution >= 0.6 is 23.2 Å². The number of carbonyl (C=O) groups excluding carboxylic acids is 2. The molecule has 0 aliphatic rings. The molecule has 242 valence electrons. The third kappa shape index (κ3) is 8.81. The lowest BCUT2D eigenvalue weighted by molar-refractivity contribution is -0.140. The van der Waals surface area contributed by atoms with Crippen molar-refractivity contribution in [3.63, 3.8) is 0 Å². The first-order valence-electron chi connectivity index (χ1n) is 14.8. The monoisotopic (exact) mass is 681 g/mol. The van der Waals surface area contributed by atoms with Gasteiger partial charge in [0, 0.05) is 25.6 Å². The van der Waals surface area contributed by atoms with E-state index in [2.05, 4.69) is 5.32 Å². The van der Waals surface area contributed by atoms with Crippen LogP contribution < -0.4 is 14.4 Å². The van der Waals surface area contributed by atoms with E-state index in [1.165, 1.54) is 24.1 Å². The molecular formula is C35H37Cl2N3O5S. The summed E-state index contributed by atoms with van der Waals surface area (Å²) in [6.07, 6.45) is 0.899. The molecule has 2 amide bonds. The number of halogens is 2. The first-order valence-corrected chi connectivity index (χ1v) is 17.0. The van der Waals surface area contributed by atoms with Crippen molar-refractivity contribution in [2.45, 2.75) is 44.2 Å². The SMILES string of the molecule is CCCNC(=O)[C@@H](Cc1ccccc1)N(Cc1ccc(Cl)c(Cl)c1)C(=O)CN(c1cccc(OC)c1)S(=O)(=O)c1ccc(C)cc1. The molecule has 0 aliphatic heterocycles. The molecule has 4 aromatic rings. The highest BCUT2D eigenvalue weighted by atomic mass is 35.5. The van der Waals surface area contributed by atoms with E-state index in [0.29, 0.717) is 34.3 Å². The van der Waals surface area contributed by atoms with Gasteiger partial charge in [-0.2, -0.15) is 0 Å². The number of rotatable bonds is 14. The fourth-order valence-electron chi connectivity index (χ4n) is 4.89. The summed E-state index contributed by atoms with van der Waals surface area (Å²) < 4.78 is 34.8. The summed E-state index contributed by atoms with van der Waals surface area (Å²) in [6, 6.07) is 26.3. The summed E-state index contributed by atoms with van der Waals surface area (Å²) in [4.78, 5) is 29.7. The number of hydrogen-bond donors (Lipinski definition) is 1. The topological polar surface area (TPSA) is 96.0 Å². The molecule has 0 spiro atoms. The van der Waals surface area contributed by atoms with E-state index < -0.39 is 28.5 Å². The van der Waals surface area contributed by atoms with Crippen LogP contribution in [0, 0.1) is 6.92 Å². The first kappa shape index (κ1) is 34.8. The highest BCUT2D eigenvalue weighted by molar-refractivity contribution is 7.92. The lowest BCUT2D eigenvalue weighted by Crippen LogP contribution is -2.53. The first-order chi connectivity index (χ1) is 22.0. The molecular weight excluding hydrogens is 645 g/mol. The molecule has 4 aromatic carbocycles. The minimum Gasteiger partial charge on any atom is -0.497 e. The number of anilines is 1. The van der Waals surface area contributed by atoms with Crippen LogP contribution in [0.3, 0.4) is 0 Å². The summed E-state index contributed by atoms with van der Waals surface area (Å²) in [5.74, 6) is -0.520. The lowest BCUT2D eigenvalue weighted by atomic mass is 10.0. The van der Waals surface area contributed by atoms with Gasteiger partial charge in [-0.05, 0) is 60.9 Å². The molecule has 46 heavy (non-hydrogen) atoms.